The number of carbonyl (C=O) groups is 2. The second-order valence-electron chi connectivity index (χ2n) is 4.54. The lowest BCUT2D eigenvalue weighted by molar-refractivity contribution is -0.139. The molecule has 122 valence electrons. The Kier molecular flexibility index (Phi) is 5.51. The van der Waals surface area contributed by atoms with Gasteiger partial charge in [0.15, 0.2) is 6.04 Å². The Bertz CT molecular complexity index is 735. The predicted molar refractivity (Wildman–Crippen MR) is 85.1 cm³/mol. The summed E-state index contributed by atoms with van der Waals surface area (Å²) < 4.78 is 8.75. The van der Waals surface area contributed by atoms with E-state index in [1.807, 2.05) is 6.92 Å². The number of nitrogens with one attached hydrogen (secondary N) is 1. The first-order valence-electron chi connectivity index (χ1n) is 6.66. The number of aryl methyl sites for hydroxylation is 1. The molecule has 9 heteroatoms. The van der Waals surface area contributed by atoms with E-state index in [1.54, 1.807) is 6.07 Å². The SMILES string of the molecule is CCc1nnsc1C(=O)NC(C(=O)O)c1ccc(OC)c(Cl)c1. The zero-order valence-electron chi connectivity index (χ0n) is 12.4. The molecule has 23 heavy (non-hydrogen) atoms. The molecule has 1 heterocycles. The number of carboxylic acid groups (broad SMARTS) is 1. The highest BCUT2D eigenvalue weighted by atomic mass is 35.5. The van der Waals surface area contributed by atoms with Gasteiger partial charge in [0.05, 0.1) is 17.8 Å². The van der Waals surface area contributed by atoms with Crippen LogP contribution in [0.2, 0.25) is 5.02 Å². The van der Waals surface area contributed by atoms with Gasteiger partial charge >= 0.3 is 5.97 Å². The summed E-state index contributed by atoms with van der Waals surface area (Å²) >= 11 is 6.94. The van der Waals surface area contributed by atoms with E-state index in [0.717, 1.165) is 11.5 Å². The quantitative estimate of drug-likeness (QED) is 0.824. The van der Waals surface area contributed by atoms with Crippen LogP contribution in [0.25, 0.3) is 0 Å². The van der Waals surface area contributed by atoms with Crippen molar-refractivity contribution in [3.63, 3.8) is 0 Å². The van der Waals surface area contributed by atoms with Crippen molar-refractivity contribution in [2.24, 2.45) is 0 Å². The number of carbonyl (C=O) groups excluding carboxylic acids is 1. The van der Waals surface area contributed by atoms with Gasteiger partial charge in [0, 0.05) is 0 Å². The molecule has 1 unspecified atom stereocenters. The van der Waals surface area contributed by atoms with Gasteiger partial charge in [-0.1, -0.05) is 29.1 Å². The van der Waals surface area contributed by atoms with E-state index in [0.29, 0.717) is 28.3 Å². The lowest BCUT2D eigenvalue weighted by Crippen LogP contribution is -2.33. The number of hydrogen-bond donors (Lipinski definition) is 2. The average Bonchev–Trinajstić information content (AvgIpc) is 3.00. The first-order valence-corrected chi connectivity index (χ1v) is 7.81. The average molecular weight is 356 g/mol. The summed E-state index contributed by atoms with van der Waals surface area (Å²) in [6.07, 6.45) is 0.533. The largest absolute Gasteiger partial charge is 0.495 e. The van der Waals surface area contributed by atoms with Crippen molar-refractivity contribution in [1.29, 1.82) is 0 Å². The standard InChI is InChI=1S/C14H14ClN3O4S/c1-3-9-12(23-18-17-9)13(19)16-11(14(20)21)7-4-5-10(22-2)8(15)6-7/h4-6,11H,3H2,1-2H3,(H,16,19)(H,20,21). The molecule has 0 radical (unpaired) electrons. The fraction of sp³-hybridized carbons (Fsp3) is 0.286. The summed E-state index contributed by atoms with van der Waals surface area (Å²) in [5.41, 5.74) is 0.872. The molecule has 0 aliphatic heterocycles. The van der Waals surface area contributed by atoms with Crippen molar-refractivity contribution in [2.45, 2.75) is 19.4 Å². The van der Waals surface area contributed by atoms with Gasteiger partial charge in [-0.3, -0.25) is 4.79 Å². The third-order valence-electron chi connectivity index (χ3n) is 3.13. The van der Waals surface area contributed by atoms with E-state index in [4.69, 9.17) is 16.3 Å². The lowest BCUT2D eigenvalue weighted by Gasteiger charge is -2.15. The molecule has 1 amide bonds. The van der Waals surface area contributed by atoms with E-state index in [1.165, 1.54) is 19.2 Å². The Morgan fingerprint density at radius 2 is 2.22 bits per heavy atom. The van der Waals surface area contributed by atoms with Crippen LogP contribution in [0.1, 0.15) is 33.9 Å². The molecular formula is C14H14ClN3O4S. The van der Waals surface area contributed by atoms with Crippen LogP contribution in [0.4, 0.5) is 0 Å². The van der Waals surface area contributed by atoms with Crippen molar-refractivity contribution in [3.05, 3.63) is 39.4 Å². The molecule has 2 N–H and O–H groups in total. The van der Waals surface area contributed by atoms with Crippen LogP contribution in [-0.2, 0) is 11.2 Å². The number of amides is 1. The highest BCUT2D eigenvalue weighted by Gasteiger charge is 2.25. The predicted octanol–water partition coefficient (Wildman–Crippen LogP) is 2.32. The van der Waals surface area contributed by atoms with Gasteiger partial charge in [0.25, 0.3) is 5.91 Å². The molecule has 0 aliphatic carbocycles. The van der Waals surface area contributed by atoms with E-state index in [9.17, 15) is 14.7 Å². The topological polar surface area (TPSA) is 101 Å². The van der Waals surface area contributed by atoms with Crippen molar-refractivity contribution in [1.82, 2.24) is 14.9 Å². The molecule has 0 bridgehead atoms. The third-order valence-corrected chi connectivity index (χ3v) is 4.19. The van der Waals surface area contributed by atoms with Crippen LogP contribution in [0.3, 0.4) is 0 Å². The van der Waals surface area contributed by atoms with Gasteiger partial charge in [0.2, 0.25) is 0 Å². The smallest absolute Gasteiger partial charge is 0.330 e. The molecule has 1 aromatic heterocycles. The molecule has 1 atom stereocenters. The van der Waals surface area contributed by atoms with Gasteiger partial charge < -0.3 is 15.2 Å². The van der Waals surface area contributed by atoms with Crippen molar-refractivity contribution < 1.29 is 19.4 Å². The van der Waals surface area contributed by atoms with Crippen molar-refractivity contribution in [3.8, 4) is 5.75 Å². The van der Waals surface area contributed by atoms with Crippen LogP contribution in [-0.4, -0.2) is 33.7 Å². The van der Waals surface area contributed by atoms with E-state index in [2.05, 4.69) is 14.9 Å². The Morgan fingerprint density at radius 3 is 2.78 bits per heavy atom. The zero-order valence-corrected chi connectivity index (χ0v) is 13.9. The molecule has 0 aliphatic rings. The summed E-state index contributed by atoms with van der Waals surface area (Å²) in [5.74, 6) is -1.31. The van der Waals surface area contributed by atoms with Crippen LogP contribution < -0.4 is 10.1 Å². The number of carboxylic acids is 1. The molecule has 0 saturated carbocycles. The Morgan fingerprint density at radius 1 is 1.48 bits per heavy atom. The molecule has 1 aromatic carbocycles. The summed E-state index contributed by atoms with van der Waals surface area (Å²) in [7, 11) is 1.46. The molecule has 2 rings (SSSR count). The third kappa shape index (κ3) is 3.77. The van der Waals surface area contributed by atoms with Gasteiger partial charge in [-0.15, -0.1) is 5.10 Å². The zero-order chi connectivity index (χ0) is 17.0. The number of benzene rings is 1. The molecule has 0 saturated heterocycles. The number of aromatic nitrogens is 2. The van der Waals surface area contributed by atoms with Crippen LogP contribution in [0.5, 0.6) is 5.75 Å². The van der Waals surface area contributed by atoms with Gasteiger partial charge in [-0.05, 0) is 35.6 Å². The first-order chi connectivity index (χ1) is 11.0. The summed E-state index contributed by atoms with van der Waals surface area (Å²) in [6.45, 7) is 1.84. The minimum atomic E-state index is -1.24. The fourth-order valence-electron chi connectivity index (χ4n) is 1.96. The van der Waals surface area contributed by atoms with Gasteiger partial charge in [-0.2, -0.15) is 0 Å². The number of rotatable bonds is 6. The van der Waals surface area contributed by atoms with E-state index in [-0.39, 0.29) is 5.02 Å². The van der Waals surface area contributed by atoms with Crippen LogP contribution in [0, 0.1) is 0 Å². The Balaban J connectivity index is 2.27. The molecular weight excluding hydrogens is 342 g/mol. The maximum atomic E-state index is 12.3. The molecule has 2 aromatic rings. The normalized spacial score (nSPS) is 11.8. The monoisotopic (exact) mass is 355 g/mol. The second kappa shape index (κ2) is 7.38. The highest BCUT2D eigenvalue weighted by Crippen LogP contribution is 2.28. The van der Waals surface area contributed by atoms with Crippen LogP contribution in [0.15, 0.2) is 18.2 Å². The molecule has 0 spiro atoms. The number of hydrogen-bond acceptors (Lipinski definition) is 6. The van der Waals surface area contributed by atoms with Gasteiger partial charge in [-0.25, -0.2) is 4.79 Å². The number of methoxy groups -OCH3 is 1. The molecule has 7 nitrogen and oxygen atoms in total. The van der Waals surface area contributed by atoms with Crippen molar-refractivity contribution >= 4 is 35.0 Å². The number of nitrogens with zero attached hydrogens (tertiary/aromatic N) is 2. The highest BCUT2D eigenvalue weighted by molar-refractivity contribution is 7.08. The van der Waals surface area contributed by atoms with E-state index < -0.39 is 17.9 Å². The van der Waals surface area contributed by atoms with Crippen molar-refractivity contribution in [2.75, 3.05) is 7.11 Å². The molecule has 0 fully saturated rings. The maximum Gasteiger partial charge on any atom is 0.330 e. The number of ether oxygens (including phenoxy) is 1. The van der Waals surface area contributed by atoms with Gasteiger partial charge in [0.1, 0.15) is 10.6 Å². The van der Waals surface area contributed by atoms with E-state index >= 15 is 0 Å². The summed E-state index contributed by atoms with van der Waals surface area (Å²) in [4.78, 5) is 24.1. The Labute approximate surface area is 141 Å². The first kappa shape index (κ1) is 17.2. The second-order valence-corrected chi connectivity index (χ2v) is 5.70. The summed E-state index contributed by atoms with van der Waals surface area (Å²) in [6, 6.07) is 3.30. The van der Waals surface area contributed by atoms with Crippen LogP contribution >= 0.6 is 23.1 Å². The lowest BCUT2D eigenvalue weighted by atomic mass is 10.1. The number of halogens is 1. The minimum Gasteiger partial charge on any atom is -0.495 e. The number of aliphatic carboxylic acids is 1. The maximum absolute atomic E-state index is 12.3. The fourth-order valence-corrected chi connectivity index (χ4v) is 2.88. The Hall–Kier alpha value is -2.19. The minimum absolute atomic E-state index is 0.263. The summed E-state index contributed by atoms with van der Waals surface area (Å²) in [5, 5.41) is 16.0.